The minimum Gasteiger partial charge on any atom is -0.377 e. The summed E-state index contributed by atoms with van der Waals surface area (Å²) in [6.07, 6.45) is 13.5. The molecule has 66 heavy (non-hydrogen) atoms. The summed E-state index contributed by atoms with van der Waals surface area (Å²) >= 11 is 0. The first-order valence-electron chi connectivity index (χ1n) is 23.5. The van der Waals surface area contributed by atoms with Crippen LogP contribution in [-0.4, -0.2) is 29.6 Å². The van der Waals surface area contributed by atoms with Gasteiger partial charge in [0.1, 0.15) is 23.5 Å². The molecule has 0 spiro atoms. The first-order chi connectivity index (χ1) is 31.9. The van der Waals surface area contributed by atoms with Crippen molar-refractivity contribution < 1.29 is 0 Å². The van der Waals surface area contributed by atoms with E-state index in [4.69, 9.17) is 23.5 Å². The first kappa shape index (κ1) is 42.2. The largest absolute Gasteiger partial charge is 0.377 e. The highest BCUT2D eigenvalue weighted by molar-refractivity contribution is 6.54. The Morgan fingerprint density at radius 1 is 0.606 bits per heavy atom. The zero-order chi connectivity index (χ0) is 45.5. The van der Waals surface area contributed by atoms with Crippen LogP contribution in [0.1, 0.15) is 92.3 Å². The van der Waals surface area contributed by atoms with Crippen LogP contribution in [0.5, 0.6) is 0 Å². The number of anilines is 1. The summed E-state index contributed by atoms with van der Waals surface area (Å²) in [5.74, 6) is -0.287. The highest BCUT2D eigenvalue weighted by Gasteiger charge is 2.51. The molecule has 0 heterocycles. The van der Waals surface area contributed by atoms with E-state index in [2.05, 4.69) is 222 Å². The van der Waals surface area contributed by atoms with Crippen LogP contribution in [0.15, 0.2) is 193 Å². The Hall–Kier alpha value is -6.51. The Labute approximate surface area is 395 Å². The van der Waals surface area contributed by atoms with Crippen LogP contribution in [0.2, 0.25) is 0 Å². The van der Waals surface area contributed by atoms with E-state index >= 15 is 0 Å². The molecule has 1 nitrogen and oxygen atoms in total. The normalized spacial score (nSPS) is 20.0. The maximum Gasteiger partial charge on any atom is 0.114 e. The van der Waals surface area contributed by atoms with Crippen molar-refractivity contribution in [1.29, 1.82) is 0 Å². The monoisotopic (exact) mass is 843 g/mol. The van der Waals surface area contributed by atoms with Crippen molar-refractivity contribution in [2.45, 2.75) is 75.7 Å². The second-order valence-corrected chi connectivity index (χ2v) is 20.2. The van der Waals surface area contributed by atoms with Crippen molar-refractivity contribution in [1.82, 2.24) is 0 Å². The molecule has 4 aliphatic carbocycles. The number of allylic oxidation sites excluding steroid dienone is 6. The van der Waals surface area contributed by atoms with Gasteiger partial charge >= 0.3 is 0 Å². The molecule has 7 aromatic rings. The molecule has 4 aliphatic rings. The molecule has 0 amide bonds. The van der Waals surface area contributed by atoms with E-state index in [1.807, 2.05) is 0 Å². The van der Waals surface area contributed by atoms with Crippen LogP contribution in [0.3, 0.4) is 0 Å². The molecule has 4 heteroatoms. The van der Waals surface area contributed by atoms with Crippen LogP contribution in [0.25, 0.3) is 39.0 Å². The minimum absolute atomic E-state index is 0.182. The van der Waals surface area contributed by atoms with Crippen molar-refractivity contribution in [2.75, 3.05) is 5.32 Å². The van der Waals surface area contributed by atoms with Gasteiger partial charge in [-0.25, -0.2) is 0 Å². The third-order valence-corrected chi connectivity index (χ3v) is 15.1. The summed E-state index contributed by atoms with van der Waals surface area (Å²) in [5, 5.41) is 4.10. The van der Waals surface area contributed by atoms with Gasteiger partial charge in [-0.3, -0.25) is 0 Å². The number of para-hydroxylation sites is 1. The third-order valence-electron chi connectivity index (χ3n) is 15.1. The van der Waals surface area contributed by atoms with Gasteiger partial charge in [0, 0.05) is 22.6 Å². The Balaban J connectivity index is 1.22. The van der Waals surface area contributed by atoms with Crippen LogP contribution in [0.4, 0.5) is 5.69 Å². The number of nitrogens with one attached hydrogen (secondary N) is 1. The van der Waals surface area contributed by atoms with Crippen molar-refractivity contribution in [2.24, 2.45) is 0 Å². The van der Waals surface area contributed by atoms with E-state index in [1.54, 1.807) is 0 Å². The van der Waals surface area contributed by atoms with Gasteiger partial charge in [0.25, 0.3) is 0 Å². The molecule has 6 radical (unpaired) electrons. The molecule has 0 aliphatic heterocycles. The number of benzene rings is 7. The number of rotatable bonds is 7. The second kappa shape index (κ2) is 15.8. The van der Waals surface area contributed by atoms with E-state index in [0.29, 0.717) is 16.4 Å². The van der Waals surface area contributed by atoms with Crippen molar-refractivity contribution >= 4 is 51.2 Å². The van der Waals surface area contributed by atoms with Crippen LogP contribution >= 0.6 is 0 Å². The van der Waals surface area contributed by atoms with Crippen molar-refractivity contribution in [3.05, 3.63) is 232 Å². The molecule has 7 aromatic carbocycles. The number of hydrogen-bond acceptors (Lipinski definition) is 1. The number of hydrogen-bond donors (Lipinski definition) is 1. The molecule has 0 bridgehead atoms. The van der Waals surface area contributed by atoms with Crippen LogP contribution < -0.4 is 21.7 Å². The lowest BCUT2D eigenvalue weighted by molar-refractivity contribution is 0.589. The smallest absolute Gasteiger partial charge is 0.114 e. The third kappa shape index (κ3) is 6.39. The Kier molecular flexibility index (Phi) is 10.1. The Morgan fingerprint density at radius 2 is 1.23 bits per heavy atom. The fourth-order valence-electron chi connectivity index (χ4n) is 12.0. The van der Waals surface area contributed by atoms with E-state index in [0.717, 1.165) is 51.9 Å². The molecule has 0 aromatic heterocycles. The fraction of sp³-hybridized carbons (Fsp3) is 0.194. The maximum absolute atomic E-state index is 8.11. The summed E-state index contributed by atoms with van der Waals surface area (Å²) in [5.41, 5.74) is 20.3. The lowest BCUT2D eigenvalue weighted by Crippen LogP contribution is -2.46. The highest BCUT2D eigenvalue weighted by atomic mass is 14.9. The summed E-state index contributed by atoms with van der Waals surface area (Å²) in [7, 11) is 23.5. The molecule has 0 saturated carbocycles. The predicted molar refractivity (Wildman–Crippen MR) is 283 cm³/mol. The van der Waals surface area contributed by atoms with Gasteiger partial charge in [-0.05, 0) is 103 Å². The lowest BCUT2D eigenvalue weighted by Gasteiger charge is -2.41. The molecule has 3 unspecified atom stereocenters. The second-order valence-electron chi connectivity index (χ2n) is 20.2. The zero-order valence-corrected chi connectivity index (χ0v) is 38.6. The molecule has 0 saturated heterocycles. The topological polar surface area (TPSA) is 12.0 Å². The van der Waals surface area contributed by atoms with Gasteiger partial charge < -0.3 is 5.32 Å². The molecular formula is C62H52B3N. The van der Waals surface area contributed by atoms with Gasteiger partial charge in [0.05, 0.1) is 11.5 Å². The van der Waals surface area contributed by atoms with E-state index in [-0.39, 0.29) is 22.8 Å². The van der Waals surface area contributed by atoms with Gasteiger partial charge in [0.2, 0.25) is 0 Å². The molecule has 3 atom stereocenters. The molecule has 11 rings (SSSR count). The Bertz CT molecular complexity index is 3200. The van der Waals surface area contributed by atoms with Crippen LogP contribution in [-0.2, 0) is 16.2 Å². The summed E-state index contributed by atoms with van der Waals surface area (Å²) in [6, 6.07) is 54.5. The highest BCUT2D eigenvalue weighted by Crippen LogP contribution is 2.59. The average molecular weight is 844 g/mol. The summed E-state index contributed by atoms with van der Waals surface area (Å²) < 4.78 is 0. The maximum atomic E-state index is 8.11. The van der Waals surface area contributed by atoms with Crippen LogP contribution in [0, 0.1) is 0 Å². The van der Waals surface area contributed by atoms with E-state index < -0.39 is 5.41 Å². The lowest BCUT2D eigenvalue weighted by atomic mass is 9.58. The zero-order valence-electron chi connectivity index (χ0n) is 38.6. The van der Waals surface area contributed by atoms with Gasteiger partial charge in [0.15, 0.2) is 0 Å². The standard InChI is InChI=1S/C62H52B3N/c1-60(2,3)49-36-51-46(34-44(49)39-24-12-7-13-25-39)54-56(62(51,40-26-14-8-15-27-40)41-28-16-9-17-29-41)57(63)55(59(65)58(54)64)47-35-45-43-31-18-20-32-48(43)61(4,5)50(45)37-53(47)66-52-33-21-19-30-42(52)38-22-10-6-11-23-38/h6-16,18-28,30-37,47,53,66H,17,29H2,1-5H3. The van der Waals surface area contributed by atoms with Gasteiger partial charge in [-0.1, -0.05) is 232 Å². The molecule has 314 valence electrons. The predicted octanol–water partition coefficient (Wildman–Crippen LogP) is 12.2. The van der Waals surface area contributed by atoms with E-state index in [1.165, 1.54) is 55.7 Å². The molecule has 1 N–H and O–H groups in total. The van der Waals surface area contributed by atoms with E-state index in [9.17, 15) is 0 Å². The fourth-order valence-corrected chi connectivity index (χ4v) is 12.0. The van der Waals surface area contributed by atoms with Gasteiger partial charge in [-0.15, -0.1) is 0 Å². The van der Waals surface area contributed by atoms with Crippen molar-refractivity contribution in [3.63, 3.8) is 0 Å². The van der Waals surface area contributed by atoms with Gasteiger partial charge in [-0.2, -0.15) is 0 Å². The SMILES string of the molecule is [B]c1c([B])c(C2C=C3C(=CC2Nc2ccccc2-c2ccccc2)C(C)(C)c2ccccc23)c([B])c2c1-c1cc(-c3ccccc3)c(C(C)(C)C)cc1C2(C1=CC=CCC1)c1ccccc1. The minimum atomic E-state index is -0.750. The molecule has 0 fully saturated rings. The van der Waals surface area contributed by atoms with Crippen molar-refractivity contribution in [3.8, 4) is 33.4 Å². The Morgan fingerprint density at radius 3 is 1.89 bits per heavy atom. The first-order valence-corrected chi connectivity index (χ1v) is 23.5. The average Bonchev–Trinajstić information content (AvgIpc) is 3.77. The summed E-state index contributed by atoms with van der Waals surface area (Å²) in [6.45, 7) is 11.6. The summed E-state index contributed by atoms with van der Waals surface area (Å²) in [4.78, 5) is 0. The molecular weight excluding hydrogens is 791 g/mol. The quantitative estimate of drug-likeness (QED) is 0.158. The number of fused-ring (bicyclic) bond motifs is 6.